The second kappa shape index (κ2) is 2.81. The van der Waals surface area contributed by atoms with E-state index in [4.69, 9.17) is 5.84 Å². The highest BCUT2D eigenvalue weighted by molar-refractivity contribution is 5.75. The molecule has 0 aromatic carbocycles. The molecule has 0 aromatic rings. The average Bonchev–Trinajstić information content (AvgIpc) is 2.16. The van der Waals surface area contributed by atoms with E-state index in [2.05, 4.69) is 0 Å². The van der Waals surface area contributed by atoms with Crippen LogP contribution in [0.4, 0.5) is 18.0 Å². The van der Waals surface area contributed by atoms with Gasteiger partial charge in [-0.15, -0.1) is 0 Å². The third kappa shape index (κ3) is 2.00. The van der Waals surface area contributed by atoms with Crippen LogP contribution in [0.15, 0.2) is 0 Å². The van der Waals surface area contributed by atoms with Crippen LogP contribution < -0.4 is 5.84 Å². The number of carbonyl (C=O) groups excluding carboxylic acids is 1. The summed E-state index contributed by atoms with van der Waals surface area (Å²) in [4.78, 5) is 11.5. The highest BCUT2D eigenvalue weighted by Crippen LogP contribution is 2.18. The summed E-state index contributed by atoms with van der Waals surface area (Å²) in [5, 5.41) is 0.770. The summed E-state index contributed by atoms with van der Waals surface area (Å²) in [5.74, 6) is 5.06. The van der Waals surface area contributed by atoms with E-state index in [1.54, 1.807) is 0 Å². The Morgan fingerprint density at radius 1 is 1.42 bits per heavy atom. The predicted octanol–water partition coefficient (Wildman–Crippen LogP) is 0.160. The molecule has 0 unspecified atom stereocenters. The lowest BCUT2D eigenvalue weighted by Gasteiger charge is -2.16. The molecule has 12 heavy (non-hydrogen) atoms. The van der Waals surface area contributed by atoms with E-state index >= 15 is 0 Å². The van der Waals surface area contributed by atoms with E-state index in [9.17, 15) is 18.0 Å². The molecule has 1 saturated heterocycles. The van der Waals surface area contributed by atoms with E-state index in [-0.39, 0.29) is 13.1 Å². The number of hydrogen-bond donors (Lipinski definition) is 1. The largest absolute Gasteiger partial charge is 0.406 e. The van der Waals surface area contributed by atoms with Crippen molar-refractivity contribution in [3.63, 3.8) is 0 Å². The molecule has 0 saturated carbocycles. The Labute approximate surface area is 66.7 Å². The van der Waals surface area contributed by atoms with Crippen molar-refractivity contribution in [2.24, 2.45) is 5.84 Å². The van der Waals surface area contributed by atoms with Crippen LogP contribution in [-0.4, -0.2) is 41.8 Å². The summed E-state index contributed by atoms with van der Waals surface area (Å²) >= 11 is 0. The lowest BCUT2D eigenvalue weighted by atomic mass is 10.5. The number of hydrazine groups is 1. The van der Waals surface area contributed by atoms with Gasteiger partial charge in [-0.2, -0.15) is 13.2 Å². The number of halogens is 3. The zero-order valence-corrected chi connectivity index (χ0v) is 6.14. The second-order valence-corrected chi connectivity index (χ2v) is 2.51. The zero-order valence-electron chi connectivity index (χ0n) is 6.14. The van der Waals surface area contributed by atoms with Gasteiger partial charge in [-0.25, -0.2) is 10.6 Å². The quantitative estimate of drug-likeness (QED) is 0.465. The van der Waals surface area contributed by atoms with Crippen molar-refractivity contribution in [2.45, 2.75) is 6.18 Å². The molecule has 2 N–H and O–H groups in total. The topological polar surface area (TPSA) is 49.6 Å². The first kappa shape index (κ1) is 9.11. The zero-order chi connectivity index (χ0) is 9.35. The van der Waals surface area contributed by atoms with Gasteiger partial charge in [-0.3, -0.25) is 5.01 Å². The third-order valence-electron chi connectivity index (χ3n) is 1.50. The molecule has 0 atom stereocenters. The monoisotopic (exact) mass is 183 g/mol. The Balaban J connectivity index is 2.50. The molecule has 1 heterocycles. The molecule has 0 radical (unpaired) electrons. The van der Waals surface area contributed by atoms with Gasteiger partial charge in [-0.1, -0.05) is 0 Å². The van der Waals surface area contributed by atoms with Crippen molar-refractivity contribution >= 4 is 6.03 Å². The molecule has 1 aliphatic heterocycles. The molecular formula is C5H8F3N3O. The minimum Gasteiger partial charge on any atom is -0.313 e. The Morgan fingerprint density at radius 2 is 2.00 bits per heavy atom. The number of urea groups is 1. The van der Waals surface area contributed by atoms with Gasteiger partial charge in [0.2, 0.25) is 0 Å². The van der Waals surface area contributed by atoms with Crippen LogP contribution >= 0.6 is 0 Å². The lowest BCUT2D eigenvalue weighted by molar-refractivity contribution is -0.138. The number of carbonyl (C=O) groups is 1. The molecule has 7 heteroatoms. The van der Waals surface area contributed by atoms with Crippen molar-refractivity contribution in [1.29, 1.82) is 0 Å². The van der Waals surface area contributed by atoms with Gasteiger partial charge in [0.15, 0.2) is 0 Å². The standard InChI is InChI=1S/C5H8F3N3O/c6-5(7,8)3-10-1-2-11(9)4(10)12/h1-3,9H2. The lowest BCUT2D eigenvalue weighted by Crippen LogP contribution is -2.40. The molecular weight excluding hydrogens is 175 g/mol. The summed E-state index contributed by atoms with van der Waals surface area (Å²) in [5.41, 5.74) is 0. The van der Waals surface area contributed by atoms with E-state index < -0.39 is 18.8 Å². The number of nitrogens with zero attached hydrogens (tertiary/aromatic N) is 2. The number of nitrogens with two attached hydrogens (primary N) is 1. The van der Waals surface area contributed by atoms with E-state index in [0.29, 0.717) is 4.90 Å². The summed E-state index contributed by atoms with van der Waals surface area (Å²) in [6, 6.07) is -0.771. The van der Waals surface area contributed by atoms with Crippen LogP contribution in [0, 0.1) is 0 Å². The molecule has 70 valence electrons. The number of hydrogen-bond acceptors (Lipinski definition) is 2. The second-order valence-electron chi connectivity index (χ2n) is 2.51. The Hall–Kier alpha value is -0.980. The van der Waals surface area contributed by atoms with Gasteiger partial charge >= 0.3 is 12.2 Å². The van der Waals surface area contributed by atoms with Crippen LogP contribution in [-0.2, 0) is 0 Å². The number of rotatable bonds is 1. The maximum absolute atomic E-state index is 11.8. The fraction of sp³-hybridized carbons (Fsp3) is 0.800. The summed E-state index contributed by atoms with van der Waals surface area (Å²) in [6.07, 6.45) is -4.35. The fourth-order valence-corrected chi connectivity index (χ4v) is 0.964. The summed E-state index contributed by atoms with van der Waals surface area (Å²) in [7, 11) is 0. The maximum Gasteiger partial charge on any atom is 0.406 e. The number of amides is 2. The van der Waals surface area contributed by atoms with Gasteiger partial charge < -0.3 is 4.90 Å². The highest BCUT2D eigenvalue weighted by atomic mass is 19.4. The first-order chi connectivity index (χ1) is 5.40. The third-order valence-corrected chi connectivity index (χ3v) is 1.50. The Kier molecular flexibility index (Phi) is 2.14. The number of alkyl halides is 3. The van der Waals surface area contributed by atoms with Crippen LogP contribution in [0.2, 0.25) is 0 Å². The Bertz CT molecular complexity index is 193. The molecule has 0 aliphatic carbocycles. The maximum atomic E-state index is 11.8. The predicted molar refractivity (Wildman–Crippen MR) is 33.9 cm³/mol. The van der Waals surface area contributed by atoms with Crippen LogP contribution in [0.3, 0.4) is 0 Å². The molecule has 1 rings (SSSR count). The normalized spacial score (nSPS) is 19.2. The van der Waals surface area contributed by atoms with E-state index in [0.717, 1.165) is 5.01 Å². The van der Waals surface area contributed by atoms with E-state index in [1.807, 2.05) is 0 Å². The van der Waals surface area contributed by atoms with Gasteiger partial charge in [-0.05, 0) is 0 Å². The van der Waals surface area contributed by atoms with Crippen molar-refractivity contribution in [3.05, 3.63) is 0 Å². The minimum absolute atomic E-state index is 0.0366. The molecule has 4 nitrogen and oxygen atoms in total. The van der Waals surface area contributed by atoms with Gasteiger partial charge in [0.05, 0.1) is 6.54 Å². The Morgan fingerprint density at radius 3 is 2.33 bits per heavy atom. The molecule has 2 amide bonds. The minimum atomic E-state index is -4.35. The average molecular weight is 183 g/mol. The van der Waals surface area contributed by atoms with Crippen LogP contribution in [0.5, 0.6) is 0 Å². The van der Waals surface area contributed by atoms with E-state index in [1.165, 1.54) is 0 Å². The first-order valence-corrected chi connectivity index (χ1v) is 3.28. The van der Waals surface area contributed by atoms with Gasteiger partial charge in [0, 0.05) is 6.54 Å². The van der Waals surface area contributed by atoms with Crippen molar-refractivity contribution < 1.29 is 18.0 Å². The first-order valence-electron chi connectivity index (χ1n) is 3.28. The van der Waals surface area contributed by atoms with Crippen molar-refractivity contribution in [2.75, 3.05) is 19.6 Å². The van der Waals surface area contributed by atoms with Crippen molar-refractivity contribution in [1.82, 2.24) is 9.91 Å². The SMILES string of the molecule is NN1CCN(CC(F)(F)F)C1=O. The summed E-state index contributed by atoms with van der Waals surface area (Å²) < 4.78 is 35.3. The molecule has 1 fully saturated rings. The fourth-order valence-electron chi connectivity index (χ4n) is 0.964. The molecule has 1 aliphatic rings. The van der Waals surface area contributed by atoms with Crippen LogP contribution in [0.25, 0.3) is 0 Å². The van der Waals surface area contributed by atoms with Gasteiger partial charge in [0.1, 0.15) is 6.54 Å². The molecule has 0 bridgehead atoms. The molecule has 0 spiro atoms. The van der Waals surface area contributed by atoms with Gasteiger partial charge in [0.25, 0.3) is 0 Å². The smallest absolute Gasteiger partial charge is 0.313 e. The highest BCUT2D eigenvalue weighted by Gasteiger charge is 2.36. The molecule has 0 aromatic heterocycles. The summed E-state index contributed by atoms with van der Waals surface area (Å²) in [6.45, 7) is -1.04. The van der Waals surface area contributed by atoms with Crippen LogP contribution in [0.1, 0.15) is 0 Å². The van der Waals surface area contributed by atoms with Crippen molar-refractivity contribution in [3.8, 4) is 0 Å².